The number of benzene rings is 1. The van der Waals surface area contributed by atoms with E-state index in [0.717, 1.165) is 4.90 Å². The molecule has 0 atom stereocenters. The van der Waals surface area contributed by atoms with E-state index >= 15 is 0 Å². The number of aryl methyl sites for hydroxylation is 1. The van der Waals surface area contributed by atoms with E-state index in [4.69, 9.17) is 8.92 Å². The Bertz CT molecular complexity index is 475. The van der Waals surface area contributed by atoms with Crippen LogP contribution in [0.4, 0.5) is 4.79 Å². The Labute approximate surface area is 131 Å². The Kier molecular flexibility index (Phi) is 5.17. The molecule has 0 N–H and O–H groups in total. The van der Waals surface area contributed by atoms with E-state index < -0.39 is 5.60 Å². The molecule has 21 heavy (non-hydrogen) atoms. The van der Waals surface area contributed by atoms with Crippen LogP contribution in [0.5, 0.6) is 0 Å². The molecule has 5 heteroatoms. The van der Waals surface area contributed by atoms with Gasteiger partial charge in [0.1, 0.15) is 5.60 Å². The first kappa shape index (κ1) is 16.2. The van der Waals surface area contributed by atoms with Crippen molar-refractivity contribution in [2.24, 2.45) is 5.92 Å². The smallest absolute Gasteiger partial charge is 0.410 e. The van der Waals surface area contributed by atoms with Crippen molar-refractivity contribution in [2.45, 2.75) is 38.2 Å². The lowest BCUT2D eigenvalue weighted by Crippen LogP contribution is -2.52. The molecule has 4 nitrogen and oxygen atoms in total. The number of hydrogen-bond donors (Lipinski definition) is 0. The fourth-order valence-corrected chi connectivity index (χ4v) is 2.59. The Morgan fingerprint density at radius 3 is 2.48 bits per heavy atom. The summed E-state index contributed by atoms with van der Waals surface area (Å²) in [6, 6.07) is 8.24. The zero-order chi connectivity index (χ0) is 15.5. The van der Waals surface area contributed by atoms with Crippen LogP contribution in [0.3, 0.4) is 0 Å². The number of hydrogen-bond acceptors (Lipinski definition) is 4. The van der Waals surface area contributed by atoms with Crippen LogP contribution < -0.4 is 0 Å². The minimum Gasteiger partial charge on any atom is -0.444 e. The summed E-state index contributed by atoms with van der Waals surface area (Å²) < 4.78 is 10.9. The molecule has 0 unspecified atom stereocenters. The third-order valence-electron chi connectivity index (χ3n) is 3.09. The lowest BCUT2D eigenvalue weighted by atomic mass is 10.0. The van der Waals surface area contributed by atoms with Gasteiger partial charge in [-0.2, -0.15) is 0 Å². The van der Waals surface area contributed by atoms with Crippen LogP contribution in [0.1, 0.15) is 26.3 Å². The van der Waals surface area contributed by atoms with E-state index in [1.165, 1.54) is 17.6 Å². The van der Waals surface area contributed by atoms with Crippen molar-refractivity contribution < 1.29 is 13.7 Å². The Balaban J connectivity index is 1.62. The number of carbonyl (C=O) groups is 1. The Morgan fingerprint density at radius 1 is 1.29 bits per heavy atom. The van der Waals surface area contributed by atoms with Gasteiger partial charge in [-0.1, -0.05) is 17.7 Å². The summed E-state index contributed by atoms with van der Waals surface area (Å²) in [5, 5.41) is 0. The molecule has 1 fully saturated rings. The summed E-state index contributed by atoms with van der Waals surface area (Å²) in [4.78, 5) is 14.6. The highest BCUT2D eigenvalue weighted by Gasteiger charge is 2.33. The second kappa shape index (κ2) is 6.71. The number of carbonyl (C=O) groups excluding carboxylic acids is 1. The molecule has 1 heterocycles. The summed E-state index contributed by atoms with van der Waals surface area (Å²) >= 11 is 1.39. The molecule has 0 aromatic heterocycles. The zero-order valence-electron chi connectivity index (χ0n) is 13.1. The molecule has 116 valence electrons. The number of likely N-dealkylation sites (tertiary alicyclic amines) is 1. The van der Waals surface area contributed by atoms with Crippen LogP contribution in [0.25, 0.3) is 0 Å². The maximum Gasteiger partial charge on any atom is 0.410 e. The van der Waals surface area contributed by atoms with Gasteiger partial charge in [0, 0.05) is 35.9 Å². The van der Waals surface area contributed by atoms with E-state index in [2.05, 4.69) is 19.1 Å². The Morgan fingerprint density at radius 2 is 1.90 bits per heavy atom. The molecule has 0 bridgehead atoms. The minimum atomic E-state index is -0.431. The molecular formula is C16H23NO3S. The highest BCUT2D eigenvalue weighted by Crippen LogP contribution is 2.24. The standard InChI is InChI=1S/C16H23NO3S/c1-12-5-7-14(8-6-12)21-19-11-13-9-17(10-13)15(18)20-16(2,3)4/h5-8,13H,9-11H2,1-4H3. The predicted octanol–water partition coefficient (Wildman–Crippen LogP) is 3.89. The molecular weight excluding hydrogens is 286 g/mol. The van der Waals surface area contributed by atoms with Crippen molar-refractivity contribution in [3.8, 4) is 0 Å². The van der Waals surface area contributed by atoms with Crippen molar-refractivity contribution in [1.29, 1.82) is 0 Å². The summed E-state index contributed by atoms with van der Waals surface area (Å²) in [7, 11) is 0. The summed E-state index contributed by atoms with van der Waals surface area (Å²) in [6.45, 7) is 9.77. The van der Waals surface area contributed by atoms with E-state index in [0.29, 0.717) is 25.6 Å². The third kappa shape index (κ3) is 5.25. The molecule has 0 saturated carbocycles. The summed E-state index contributed by atoms with van der Waals surface area (Å²) in [5.41, 5.74) is 0.811. The molecule has 1 amide bonds. The number of nitrogens with zero attached hydrogens (tertiary/aromatic N) is 1. The molecule has 1 aromatic carbocycles. The quantitative estimate of drug-likeness (QED) is 0.791. The van der Waals surface area contributed by atoms with Crippen LogP contribution >= 0.6 is 12.0 Å². The molecule has 0 aliphatic carbocycles. The average molecular weight is 309 g/mol. The van der Waals surface area contributed by atoms with Crippen LogP contribution in [0.2, 0.25) is 0 Å². The lowest BCUT2D eigenvalue weighted by molar-refractivity contribution is -0.00660. The first-order valence-corrected chi connectivity index (χ1v) is 7.92. The van der Waals surface area contributed by atoms with Crippen molar-refractivity contribution in [1.82, 2.24) is 4.90 Å². The normalized spacial score (nSPS) is 15.7. The van der Waals surface area contributed by atoms with E-state index in [1.54, 1.807) is 4.90 Å². The van der Waals surface area contributed by atoms with Crippen LogP contribution in [0.15, 0.2) is 29.2 Å². The molecule has 1 saturated heterocycles. The second-order valence-electron chi connectivity index (χ2n) is 6.43. The second-order valence-corrected chi connectivity index (χ2v) is 7.31. The van der Waals surface area contributed by atoms with Gasteiger partial charge in [-0.25, -0.2) is 4.79 Å². The topological polar surface area (TPSA) is 38.8 Å². The van der Waals surface area contributed by atoms with E-state index in [9.17, 15) is 4.79 Å². The van der Waals surface area contributed by atoms with Crippen LogP contribution in [0, 0.1) is 12.8 Å². The molecule has 1 aliphatic heterocycles. The molecule has 0 radical (unpaired) electrons. The lowest BCUT2D eigenvalue weighted by Gasteiger charge is -2.39. The average Bonchev–Trinajstić information content (AvgIpc) is 2.32. The van der Waals surface area contributed by atoms with Gasteiger partial charge in [0.15, 0.2) is 0 Å². The predicted molar refractivity (Wildman–Crippen MR) is 84.3 cm³/mol. The van der Waals surface area contributed by atoms with Gasteiger partial charge in [-0.05, 0) is 39.8 Å². The molecule has 1 aromatic rings. The first-order valence-electron chi connectivity index (χ1n) is 7.17. The number of rotatable bonds is 4. The SMILES string of the molecule is Cc1ccc(SOCC2CN(C(=O)OC(C)(C)C)C2)cc1. The summed E-state index contributed by atoms with van der Waals surface area (Å²) in [6.07, 6.45) is -0.232. The van der Waals surface area contributed by atoms with E-state index in [1.807, 2.05) is 32.9 Å². The zero-order valence-corrected chi connectivity index (χ0v) is 13.9. The van der Waals surface area contributed by atoms with Crippen LogP contribution in [-0.2, 0) is 8.92 Å². The van der Waals surface area contributed by atoms with Gasteiger partial charge in [-0.3, -0.25) is 0 Å². The maximum atomic E-state index is 11.8. The van der Waals surface area contributed by atoms with Crippen molar-refractivity contribution in [2.75, 3.05) is 19.7 Å². The van der Waals surface area contributed by atoms with Gasteiger partial charge >= 0.3 is 6.09 Å². The van der Waals surface area contributed by atoms with Gasteiger partial charge in [0.05, 0.1) is 6.61 Å². The molecule has 0 spiro atoms. The van der Waals surface area contributed by atoms with Gasteiger partial charge < -0.3 is 13.8 Å². The summed E-state index contributed by atoms with van der Waals surface area (Å²) in [5.74, 6) is 0.399. The Hall–Kier alpha value is -1.20. The molecule has 1 aliphatic rings. The van der Waals surface area contributed by atoms with Crippen molar-refractivity contribution >= 4 is 18.1 Å². The fourth-order valence-electron chi connectivity index (χ4n) is 1.94. The van der Waals surface area contributed by atoms with Crippen LogP contribution in [-0.4, -0.2) is 36.3 Å². The highest BCUT2D eigenvalue weighted by molar-refractivity contribution is 7.94. The number of ether oxygens (including phenoxy) is 1. The van der Waals surface area contributed by atoms with Gasteiger partial charge in [0.25, 0.3) is 0 Å². The van der Waals surface area contributed by atoms with Gasteiger partial charge in [0.2, 0.25) is 0 Å². The van der Waals surface area contributed by atoms with Crippen molar-refractivity contribution in [3.05, 3.63) is 29.8 Å². The van der Waals surface area contributed by atoms with Gasteiger partial charge in [-0.15, -0.1) is 0 Å². The largest absolute Gasteiger partial charge is 0.444 e. The minimum absolute atomic E-state index is 0.232. The van der Waals surface area contributed by atoms with E-state index in [-0.39, 0.29) is 6.09 Å². The fraction of sp³-hybridized carbons (Fsp3) is 0.562. The maximum absolute atomic E-state index is 11.8. The highest BCUT2D eigenvalue weighted by atomic mass is 32.2. The van der Waals surface area contributed by atoms with Crippen molar-refractivity contribution in [3.63, 3.8) is 0 Å². The molecule has 2 rings (SSSR count). The number of amides is 1. The monoisotopic (exact) mass is 309 g/mol. The third-order valence-corrected chi connectivity index (χ3v) is 3.81. The first-order chi connectivity index (χ1) is 9.83.